The minimum Gasteiger partial charge on any atom is -0.503 e. The van der Waals surface area contributed by atoms with Gasteiger partial charge in [0.15, 0.2) is 17.4 Å². The third-order valence-electron chi connectivity index (χ3n) is 3.56. The predicted octanol–water partition coefficient (Wildman–Crippen LogP) is 4.15. The first-order valence-electron chi connectivity index (χ1n) is 7.93. The van der Waals surface area contributed by atoms with Crippen LogP contribution in [0.2, 0.25) is 0 Å². The molecule has 0 unspecified atom stereocenters. The fourth-order valence-corrected chi connectivity index (χ4v) is 2.87. The van der Waals surface area contributed by atoms with Crippen LogP contribution in [0, 0.1) is 17.0 Å². The van der Waals surface area contributed by atoms with Crippen LogP contribution in [0.5, 0.6) is 5.75 Å². The van der Waals surface area contributed by atoms with Crippen LogP contribution in [0.4, 0.5) is 14.5 Å². The molecule has 0 saturated carbocycles. The topological polar surface area (TPSA) is 78.4 Å². The van der Waals surface area contributed by atoms with Gasteiger partial charge < -0.3 is 15.7 Å². The number of carbonyl (C=O) groups is 2. The number of hydrogen-bond donors (Lipinski definition) is 3. The van der Waals surface area contributed by atoms with Crippen LogP contribution < -0.4 is 10.6 Å². The number of phenolic OH excluding ortho intramolecular Hbond substituents is 1. The van der Waals surface area contributed by atoms with Gasteiger partial charge in [0.2, 0.25) is 0 Å². The van der Waals surface area contributed by atoms with Gasteiger partial charge in [0.05, 0.1) is 5.69 Å². The highest BCUT2D eigenvalue weighted by Crippen LogP contribution is 2.25. The molecule has 3 N–H and O–H groups in total. The first-order chi connectivity index (χ1) is 12.1. The molecule has 2 rings (SSSR count). The maximum Gasteiger partial charge on any atom is 0.263 e. The van der Waals surface area contributed by atoms with Gasteiger partial charge in [-0.2, -0.15) is 0 Å². The number of nitrogens with one attached hydrogen (secondary N) is 2. The molecule has 140 valence electrons. The van der Waals surface area contributed by atoms with Gasteiger partial charge in [-0.25, -0.2) is 8.78 Å². The lowest BCUT2D eigenvalue weighted by molar-refractivity contribution is 0.0954. The highest BCUT2D eigenvalue weighted by Gasteiger charge is 2.19. The van der Waals surface area contributed by atoms with Crippen molar-refractivity contribution in [1.29, 1.82) is 0 Å². The van der Waals surface area contributed by atoms with E-state index in [1.807, 2.05) is 0 Å². The second kappa shape index (κ2) is 7.82. The summed E-state index contributed by atoms with van der Waals surface area (Å²) in [6.07, 6.45) is 0.790. The molecule has 0 atom stereocenters. The smallest absolute Gasteiger partial charge is 0.263 e. The monoisotopic (exact) mass is 382 g/mol. The minimum atomic E-state index is -1.24. The summed E-state index contributed by atoms with van der Waals surface area (Å²) in [4.78, 5) is 24.8. The van der Waals surface area contributed by atoms with Crippen molar-refractivity contribution in [2.75, 3.05) is 11.9 Å². The molecule has 5 nitrogen and oxygen atoms in total. The van der Waals surface area contributed by atoms with E-state index in [0.717, 1.165) is 29.9 Å². The molecule has 26 heavy (non-hydrogen) atoms. The second-order valence-corrected chi connectivity index (χ2v) is 7.89. The zero-order valence-electron chi connectivity index (χ0n) is 14.7. The predicted molar refractivity (Wildman–Crippen MR) is 96.7 cm³/mol. The van der Waals surface area contributed by atoms with Crippen LogP contribution in [0.3, 0.4) is 0 Å². The number of anilines is 1. The summed E-state index contributed by atoms with van der Waals surface area (Å²) < 4.78 is 26.8. The molecule has 0 aliphatic rings. The van der Waals surface area contributed by atoms with E-state index in [-0.39, 0.29) is 22.6 Å². The molecule has 1 aromatic heterocycles. The van der Waals surface area contributed by atoms with Crippen molar-refractivity contribution in [2.45, 2.75) is 27.2 Å². The number of carbonyl (C=O) groups excluding carboxylic acids is 2. The molecular weight excluding hydrogens is 362 g/mol. The van der Waals surface area contributed by atoms with Crippen molar-refractivity contribution < 1.29 is 23.5 Å². The normalized spacial score (nSPS) is 11.3. The van der Waals surface area contributed by atoms with Gasteiger partial charge in [0.1, 0.15) is 4.88 Å². The summed E-state index contributed by atoms with van der Waals surface area (Å²) in [6.45, 7) is 6.67. The molecule has 0 aliphatic heterocycles. The lowest BCUT2D eigenvalue weighted by Gasteiger charge is -2.18. The average molecular weight is 382 g/mol. The largest absolute Gasteiger partial charge is 0.503 e. The Bertz CT molecular complexity index is 805. The van der Waals surface area contributed by atoms with E-state index < -0.39 is 23.3 Å². The molecular formula is C18H20F2N2O3S. The molecule has 1 aromatic carbocycles. The summed E-state index contributed by atoms with van der Waals surface area (Å²) in [7, 11) is 0. The van der Waals surface area contributed by atoms with Gasteiger partial charge in [-0.3, -0.25) is 9.59 Å². The zero-order valence-corrected chi connectivity index (χ0v) is 15.5. The highest BCUT2D eigenvalue weighted by molar-refractivity contribution is 7.12. The maximum atomic E-state index is 13.4. The lowest BCUT2D eigenvalue weighted by Crippen LogP contribution is -2.27. The number of phenols is 1. The van der Waals surface area contributed by atoms with E-state index in [2.05, 4.69) is 31.4 Å². The molecule has 0 radical (unpaired) electrons. The summed E-state index contributed by atoms with van der Waals surface area (Å²) in [5.41, 5.74) is 0.0255. The SMILES string of the molecule is CC(C)(C)CCNC(=O)c1sccc1NC(=O)c1cc(F)c(O)c(F)c1. The summed E-state index contributed by atoms with van der Waals surface area (Å²) in [5.74, 6) is -4.73. The summed E-state index contributed by atoms with van der Waals surface area (Å²) in [6, 6.07) is 2.99. The summed E-state index contributed by atoms with van der Waals surface area (Å²) in [5, 5.41) is 16.0. The molecule has 0 fully saturated rings. The van der Waals surface area contributed by atoms with Crippen molar-refractivity contribution in [1.82, 2.24) is 5.32 Å². The fraction of sp³-hybridized carbons (Fsp3) is 0.333. The first-order valence-corrected chi connectivity index (χ1v) is 8.81. The summed E-state index contributed by atoms with van der Waals surface area (Å²) >= 11 is 1.15. The number of thiophene rings is 1. The molecule has 2 aromatic rings. The number of benzene rings is 1. The molecule has 1 heterocycles. The third-order valence-corrected chi connectivity index (χ3v) is 4.47. The van der Waals surface area contributed by atoms with Crippen molar-refractivity contribution in [3.8, 4) is 5.75 Å². The molecule has 0 spiro atoms. The van der Waals surface area contributed by atoms with E-state index in [9.17, 15) is 18.4 Å². The molecule has 0 aliphatic carbocycles. The van der Waals surface area contributed by atoms with Crippen molar-refractivity contribution in [3.05, 3.63) is 45.7 Å². The Hall–Kier alpha value is -2.48. The van der Waals surface area contributed by atoms with Gasteiger partial charge in [-0.1, -0.05) is 20.8 Å². The molecule has 0 bridgehead atoms. The fourth-order valence-electron chi connectivity index (χ4n) is 2.11. The van der Waals surface area contributed by atoms with Crippen LogP contribution in [-0.2, 0) is 0 Å². The maximum absolute atomic E-state index is 13.4. The van der Waals surface area contributed by atoms with Gasteiger partial charge in [-0.05, 0) is 35.4 Å². The standard InChI is InChI=1S/C18H20F2N2O3S/c1-18(2,3)5-6-21-17(25)15-13(4-7-26-15)22-16(24)10-8-11(19)14(23)12(20)9-10/h4,7-9,23H,5-6H2,1-3H3,(H,21,25)(H,22,24). The van der Waals surface area contributed by atoms with E-state index in [1.165, 1.54) is 6.07 Å². The van der Waals surface area contributed by atoms with Crippen LogP contribution in [-0.4, -0.2) is 23.5 Å². The third kappa shape index (κ3) is 5.01. The van der Waals surface area contributed by atoms with Crippen molar-refractivity contribution >= 4 is 28.8 Å². The van der Waals surface area contributed by atoms with E-state index in [1.54, 1.807) is 5.38 Å². The quantitative estimate of drug-likeness (QED) is 0.727. The highest BCUT2D eigenvalue weighted by atomic mass is 32.1. The molecule has 8 heteroatoms. The van der Waals surface area contributed by atoms with Crippen LogP contribution in [0.1, 0.15) is 47.2 Å². The number of hydrogen-bond acceptors (Lipinski definition) is 4. The van der Waals surface area contributed by atoms with E-state index >= 15 is 0 Å². The zero-order chi connectivity index (χ0) is 19.5. The Morgan fingerprint density at radius 1 is 1.15 bits per heavy atom. The van der Waals surface area contributed by atoms with Gasteiger partial charge in [0.25, 0.3) is 11.8 Å². The van der Waals surface area contributed by atoms with Gasteiger partial charge >= 0.3 is 0 Å². The van der Waals surface area contributed by atoms with Gasteiger partial charge in [0, 0.05) is 12.1 Å². The lowest BCUT2D eigenvalue weighted by atomic mass is 9.92. The number of amides is 2. The van der Waals surface area contributed by atoms with Crippen LogP contribution >= 0.6 is 11.3 Å². The van der Waals surface area contributed by atoms with Crippen molar-refractivity contribution in [2.24, 2.45) is 5.41 Å². The van der Waals surface area contributed by atoms with Crippen LogP contribution in [0.15, 0.2) is 23.6 Å². The van der Waals surface area contributed by atoms with Gasteiger partial charge in [-0.15, -0.1) is 11.3 Å². The van der Waals surface area contributed by atoms with Crippen LogP contribution in [0.25, 0.3) is 0 Å². The number of aromatic hydroxyl groups is 1. The Labute approximate surface area is 154 Å². The Morgan fingerprint density at radius 3 is 2.35 bits per heavy atom. The minimum absolute atomic E-state index is 0.0762. The first kappa shape index (κ1) is 19.8. The number of halogens is 2. The Morgan fingerprint density at radius 2 is 1.77 bits per heavy atom. The van der Waals surface area contributed by atoms with E-state index in [0.29, 0.717) is 11.4 Å². The molecule has 0 saturated heterocycles. The Kier molecular flexibility index (Phi) is 5.97. The Balaban J connectivity index is 2.08. The molecule has 2 amide bonds. The van der Waals surface area contributed by atoms with Crippen molar-refractivity contribution in [3.63, 3.8) is 0 Å². The number of rotatable bonds is 5. The van der Waals surface area contributed by atoms with E-state index in [4.69, 9.17) is 5.11 Å². The second-order valence-electron chi connectivity index (χ2n) is 6.97. The average Bonchev–Trinajstić information content (AvgIpc) is 2.98.